The number of fused-ring (bicyclic) bond motifs is 1. The maximum Gasteiger partial charge on any atom is 0.208 e. The molecule has 0 saturated heterocycles. The first-order chi connectivity index (χ1) is 12.2. The van der Waals surface area contributed by atoms with Gasteiger partial charge in [-0.05, 0) is 6.42 Å². The summed E-state index contributed by atoms with van der Waals surface area (Å²) in [5.74, 6) is 3.93. The summed E-state index contributed by atoms with van der Waals surface area (Å²) in [6.07, 6.45) is 3.80. The van der Waals surface area contributed by atoms with Gasteiger partial charge in [-0.1, -0.05) is 44.2 Å². The van der Waals surface area contributed by atoms with Crippen LogP contribution in [0.4, 0.5) is 0 Å². The minimum absolute atomic E-state index is 0.362. The van der Waals surface area contributed by atoms with Crippen LogP contribution in [0.25, 0.3) is 11.3 Å². The molecule has 1 aliphatic heterocycles. The number of rotatable bonds is 5. The number of aromatic nitrogens is 4. The van der Waals surface area contributed by atoms with Gasteiger partial charge in [0.1, 0.15) is 5.82 Å². The Labute approximate surface area is 147 Å². The van der Waals surface area contributed by atoms with Gasteiger partial charge in [-0.25, -0.2) is 14.6 Å². The van der Waals surface area contributed by atoms with Crippen LogP contribution in [0.2, 0.25) is 0 Å². The first kappa shape index (κ1) is 16.0. The lowest BCUT2D eigenvalue weighted by molar-refractivity contribution is 0.342. The number of hydrogen-bond acceptors (Lipinski definition) is 5. The fourth-order valence-corrected chi connectivity index (χ4v) is 3.10. The molecule has 0 aliphatic carbocycles. The van der Waals surface area contributed by atoms with E-state index in [0.717, 1.165) is 42.4 Å². The SMILES string of the molecule is CC(C)c1nc2n(n1)CC(NCc1ncc(-c3ccccc3)o1)CC2. The van der Waals surface area contributed by atoms with Crippen LogP contribution in [-0.2, 0) is 19.5 Å². The molecule has 6 heteroatoms. The lowest BCUT2D eigenvalue weighted by Crippen LogP contribution is -2.37. The van der Waals surface area contributed by atoms with E-state index in [9.17, 15) is 0 Å². The Kier molecular flexibility index (Phi) is 4.36. The predicted octanol–water partition coefficient (Wildman–Crippen LogP) is 3.16. The summed E-state index contributed by atoms with van der Waals surface area (Å²) in [6, 6.07) is 10.4. The van der Waals surface area contributed by atoms with E-state index in [1.807, 2.05) is 35.0 Å². The maximum absolute atomic E-state index is 5.86. The minimum Gasteiger partial charge on any atom is -0.439 e. The highest BCUT2D eigenvalue weighted by Crippen LogP contribution is 2.20. The zero-order valence-electron chi connectivity index (χ0n) is 14.6. The van der Waals surface area contributed by atoms with Crippen molar-refractivity contribution < 1.29 is 4.42 Å². The summed E-state index contributed by atoms with van der Waals surface area (Å²) in [5.41, 5.74) is 1.05. The molecular weight excluding hydrogens is 314 g/mol. The van der Waals surface area contributed by atoms with Crippen LogP contribution in [-0.4, -0.2) is 25.8 Å². The van der Waals surface area contributed by atoms with Gasteiger partial charge in [0.05, 0.1) is 19.3 Å². The first-order valence-corrected chi connectivity index (χ1v) is 8.86. The molecule has 25 heavy (non-hydrogen) atoms. The highest BCUT2D eigenvalue weighted by atomic mass is 16.4. The molecule has 3 aromatic rings. The van der Waals surface area contributed by atoms with Gasteiger partial charge in [0.15, 0.2) is 11.6 Å². The van der Waals surface area contributed by atoms with E-state index in [-0.39, 0.29) is 0 Å². The zero-order chi connectivity index (χ0) is 17.2. The second-order valence-corrected chi connectivity index (χ2v) is 6.82. The molecule has 0 spiro atoms. The van der Waals surface area contributed by atoms with Crippen molar-refractivity contribution >= 4 is 0 Å². The van der Waals surface area contributed by atoms with E-state index in [1.54, 1.807) is 6.20 Å². The van der Waals surface area contributed by atoms with Crippen LogP contribution >= 0.6 is 0 Å². The molecule has 3 heterocycles. The number of nitrogens with one attached hydrogen (secondary N) is 1. The third-order valence-corrected chi connectivity index (χ3v) is 4.54. The normalized spacial score (nSPS) is 17.0. The summed E-state index contributed by atoms with van der Waals surface area (Å²) >= 11 is 0. The summed E-state index contributed by atoms with van der Waals surface area (Å²) in [7, 11) is 0. The van der Waals surface area contributed by atoms with Gasteiger partial charge in [-0.3, -0.25) is 0 Å². The molecule has 0 amide bonds. The first-order valence-electron chi connectivity index (χ1n) is 8.86. The number of hydrogen-bond donors (Lipinski definition) is 1. The van der Waals surface area contributed by atoms with Crippen molar-refractivity contribution in [2.45, 2.75) is 51.7 Å². The van der Waals surface area contributed by atoms with Crippen LogP contribution in [0.1, 0.15) is 43.7 Å². The highest BCUT2D eigenvalue weighted by Gasteiger charge is 2.22. The Morgan fingerprint density at radius 2 is 2.12 bits per heavy atom. The number of aryl methyl sites for hydroxylation is 1. The molecule has 0 fully saturated rings. The van der Waals surface area contributed by atoms with E-state index >= 15 is 0 Å². The highest BCUT2D eigenvalue weighted by molar-refractivity contribution is 5.55. The van der Waals surface area contributed by atoms with Gasteiger partial charge < -0.3 is 9.73 Å². The summed E-state index contributed by atoms with van der Waals surface area (Å²) in [4.78, 5) is 9.02. The standard InChI is InChI=1S/C19H23N5O/c1-13(2)19-22-17-9-8-15(12-24(17)23-19)20-11-18-21-10-16(25-18)14-6-4-3-5-7-14/h3-7,10,13,15,20H,8-9,11-12H2,1-2H3. The van der Waals surface area contributed by atoms with Crippen molar-refractivity contribution in [3.8, 4) is 11.3 Å². The molecule has 1 atom stereocenters. The Balaban J connectivity index is 1.37. The summed E-state index contributed by atoms with van der Waals surface area (Å²) < 4.78 is 7.90. The Morgan fingerprint density at radius 1 is 1.28 bits per heavy atom. The van der Waals surface area contributed by atoms with Crippen molar-refractivity contribution in [3.05, 3.63) is 54.1 Å². The number of oxazole rings is 1. The number of nitrogens with zero attached hydrogens (tertiary/aromatic N) is 4. The van der Waals surface area contributed by atoms with Crippen LogP contribution in [0.5, 0.6) is 0 Å². The Hall–Kier alpha value is -2.47. The van der Waals surface area contributed by atoms with E-state index < -0.39 is 0 Å². The van der Waals surface area contributed by atoms with Gasteiger partial charge in [-0.15, -0.1) is 0 Å². The molecule has 0 radical (unpaired) electrons. The molecule has 0 bridgehead atoms. The second kappa shape index (κ2) is 6.80. The van der Waals surface area contributed by atoms with Gasteiger partial charge in [0.25, 0.3) is 0 Å². The third-order valence-electron chi connectivity index (χ3n) is 4.54. The minimum atomic E-state index is 0.362. The van der Waals surface area contributed by atoms with Crippen LogP contribution in [0.15, 0.2) is 40.9 Å². The molecule has 6 nitrogen and oxygen atoms in total. The van der Waals surface area contributed by atoms with Crippen molar-refractivity contribution in [1.29, 1.82) is 0 Å². The summed E-state index contributed by atoms with van der Waals surface area (Å²) in [6.45, 7) is 5.73. The van der Waals surface area contributed by atoms with Gasteiger partial charge >= 0.3 is 0 Å². The zero-order valence-corrected chi connectivity index (χ0v) is 14.6. The largest absolute Gasteiger partial charge is 0.439 e. The fourth-order valence-electron chi connectivity index (χ4n) is 3.10. The van der Waals surface area contributed by atoms with Crippen molar-refractivity contribution in [2.75, 3.05) is 0 Å². The van der Waals surface area contributed by atoms with Crippen LogP contribution < -0.4 is 5.32 Å². The molecule has 130 valence electrons. The van der Waals surface area contributed by atoms with E-state index in [0.29, 0.717) is 24.4 Å². The molecule has 2 aromatic heterocycles. The lowest BCUT2D eigenvalue weighted by Gasteiger charge is -2.22. The molecule has 1 N–H and O–H groups in total. The van der Waals surface area contributed by atoms with Crippen LogP contribution in [0, 0.1) is 0 Å². The molecule has 0 saturated carbocycles. The van der Waals surface area contributed by atoms with Crippen molar-refractivity contribution in [2.24, 2.45) is 0 Å². The molecule has 4 rings (SSSR count). The van der Waals surface area contributed by atoms with E-state index in [2.05, 4.69) is 34.2 Å². The van der Waals surface area contributed by atoms with Gasteiger partial charge in [-0.2, -0.15) is 5.10 Å². The van der Waals surface area contributed by atoms with E-state index in [1.165, 1.54) is 0 Å². The Morgan fingerprint density at radius 3 is 2.92 bits per heavy atom. The maximum atomic E-state index is 5.86. The quantitative estimate of drug-likeness (QED) is 0.774. The second-order valence-electron chi connectivity index (χ2n) is 6.82. The third kappa shape index (κ3) is 3.49. The molecule has 1 aliphatic rings. The lowest BCUT2D eigenvalue weighted by atomic mass is 10.1. The smallest absolute Gasteiger partial charge is 0.208 e. The molecular formula is C19H23N5O. The average molecular weight is 337 g/mol. The predicted molar refractivity (Wildman–Crippen MR) is 95.0 cm³/mol. The van der Waals surface area contributed by atoms with E-state index in [4.69, 9.17) is 4.42 Å². The summed E-state index contributed by atoms with van der Waals surface area (Å²) in [5, 5.41) is 8.16. The van der Waals surface area contributed by atoms with Crippen molar-refractivity contribution in [3.63, 3.8) is 0 Å². The molecule has 1 aromatic carbocycles. The monoisotopic (exact) mass is 337 g/mol. The Bertz CT molecular complexity index is 837. The van der Waals surface area contributed by atoms with Crippen LogP contribution in [0.3, 0.4) is 0 Å². The van der Waals surface area contributed by atoms with Gasteiger partial charge in [0.2, 0.25) is 5.89 Å². The number of benzene rings is 1. The topological polar surface area (TPSA) is 68.8 Å². The van der Waals surface area contributed by atoms with Crippen molar-refractivity contribution in [1.82, 2.24) is 25.1 Å². The fraction of sp³-hybridized carbons (Fsp3) is 0.421. The molecule has 1 unspecified atom stereocenters. The van der Waals surface area contributed by atoms with Gasteiger partial charge in [0, 0.05) is 23.9 Å². The average Bonchev–Trinajstić information content (AvgIpc) is 3.27.